The van der Waals surface area contributed by atoms with Gasteiger partial charge in [0.2, 0.25) is 106 Å². The van der Waals surface area contributed by atoms with E-state index in [9.17, 15) is 161 Å². The maximum atomic E-state index is 14.7. The third kappa shape index (κ3) is 44.5. The molecule has 0 saturated carbocycles. The largest absolute Gasteiger partial charge is 0.508 e. The zero-order chi connectivity index (χ0) is 105. The number of aliphatic hydroxyl groups is 5. The molecule has 54 nitrogen and oxygen atoms in total. The van der Waals surface area contributed by atoms with Crippen molar-refractivity contribution in [2.45, 2.75) is 267 Å². The summed E-state index contributed by atoms with van der Waals surface area (Å²) in [5.41, 5.74) is 17.1. The molecule has 2 aromatic rings. The van der Waals surface area contributed by atoms with Gasteiger partial charge in [-0.05, 0) is 121 Å². The smallest absolute Gasteiger partial charge is 0.326 e. The highest BCUT2D eigenvalue weighted by molar-refractivity contribution is 6.02. The molecule has 0 fully saturated rings. The summed E-state index contributed by atoms with van der Waals surface area (Å²) in [4.78, 5) is 306. The lowest BCUT2D eigenvalue weighted by Crippen LogP contribution is -2.63. The molecule has 0 spiro atoms. The van der Waals surface area contributed by atoms with Crippen LogP contribution < -0.4 is 108 Å². The molecule has 0 aliphatic heterocycles. The first-order chi connectivity index (χ1) is 64.7. The van der Waals surface area contributed by atoms with Crippen molar-refractivity contribution in [1.82, 2.24) is 90.4 Å². The molecular formula is C84H128N20O34. The highest BCUT2D eigenvalue weighted by atomic mass is 16.4. The number of hydrogen-bond donors (Lipinski definition) is 31. The van der Waals surface area contributed by atoms with Gasteiger partial charge in [0.25, 0.3) is 0 Å². The number of aliphatic carboxylic acids is 5. The number of aliphatic hydroxyl groups excluding tert-OH is 5. The molecule has 0 bridgehead atoms. The van der Waals surface area contributed by atoms with E-state index in [0.29, 0.717) is 18.4 Å². The Morgan fingerprint density at radius 1 is 0.333 bits per heavy atom. The Balaban J connectivity index is 2.45. The van der Waals surface area contributed by atoms with Crippen LogP contribution in [0, 0.1) is 11.8 Å². The van der Waals surface area contributed by atoms with Gasteiger partial charge in [-0.1, -0.05) is 70.2 Å². The van der Waals surface area contributed by atoms with Gasteiger partial charge >= 0.3 is 29.8 Å². The Hall–Kier alpha value is -14.2. The molecule has 34 N–H and O–H groups in total. The number of primary amides is 1. The molecule has 19 atom stereocenters. The summed E-state index contributed by atoms with van der Waals surface area (Å²) in [7, 11) is 0. The highest BCUT2D eigenvalue weighted by Gasteiger charge is 2.41. The monoisotopic (exact) mass is 1960 g/mol. The summed E-state index contributed by atoms with van der Waals surface area (Å²) in [6.45, 7) is 5.59. The Morgan fingerprint density at radius 3 is 1.10 bits per heavy atom. The predicted molar refractivity (Wildman–Crippen MR) is 476 cm³/mol. The van der Waals surface area contributed by atoms with Crippen LogP contribution in [0.5, 0.6) is 5.75 Å². The topological polar surface area (TPSA) is 898 Å². The molecule has 768 valence electrons. The lowest BCUT2D eigenvalue weighted by Gasteiger charge is -2.29. The first-order valence-corrected chi connectivity index (χ1v) is 43.6. The maximum absolute atomic E-state index is 14.7. The van der Waals surface area contributed by atoms with Crippen molar-refractivity contribution in [2.75, 3.05) is 32.9 Å². The lowest BCUT2D eigenvalue weighted by atomic mass is 10.00. The van der Waals surface area contributed by atoms with Crippen LogP contribution in [0.3, 0.4) is 0 Å². The zero-order valence-corrected chi connectivity index (χ0v) is 77.0. The van der Waals surface area contributed by atoms with Gasteiger partial charge in [-0.25, -0.2) is 4.79 Å². The van der Waals surface area contributed by atoms with E-state index >= 15 is 0 Å². The average molecular weight is 1960 g/mol. The van der Waals surface area contributed by atoms with Gasteiger partial charge in [-0.15, -0.1) is 0 Å². The second-order valence-electron chi connectivity index (χ2n) is 33.0. The van der Waals surface area contributed by atoms with Gasteiger partial charge in [0.05, 0.1) is 51.0 Å². The third-order valence-electron chi connectivity index (χ3n) is 20.5. The Bertz CT molecular complexity index is 4550. The molecule has 138 heavy (non-hydrogen) atoms. The number of carbonyl (C=O) groups is 23. The number of carboxylic acids is 5. The Kier molecular flexibility index (Phi) is 53.0. The van der Waals surface area contributed by atoms with Crippen molar-refractivity contribution in [1.29, 1.82) is 0 Å². The second-order valence-corrected chi connectivity index (χ2v) is 33.0. The molecule has 0 radical (unpaired) electrons. The summed E-state index contributed by atoms with van der Waals surface area (Å²) in [6, 6.07) is -18.5. The highest BCUT2D eigenvalue weighted by Crippen LogP contribution is 2.17. The van der Waals surface area contributed by atoms with Gasteiger partial charge in [-0.2, -0.15) is 0 Å². The van der Waals surface area contributed by atoms with Crippen LogP contribution in [0.1, 0.15) is 150 Å². The number of carbonyl (C=O) groups excluding carboxylic acids is 18. The average Bonchev–Trinajstić information content (AvgIpc) is 0.848. The number of phenols is 1. The number of carboxylic acid groups (broad SMARTS) is 5. The number of rotatable bonds is 65. The van der Waals surface area contributed by atoms with E-state index in [0.717, 1.165) is 20.8 Å². The van der Waals surface area contributed by atoms with Crippen molar-refractivity contribution < 1.29 is 166 Å². The van der Waals surface area contributed by atoms with E-state index in [1.165, 1.54) is 57.2 Å². The second kappa shape index (κ2) is 61.0. The maximum Gasteiger partial charge on any atom is 0.326 e. The van der Waals surface area contributed by atoms with Gasteiger partial charge in [0.1, 0.15) is 102 Å². The fourth-order valence-electron chi connectivity index (χ4n) is 12.7. The van der Waals surface area contributed by atoms with Crippen molar-refractivity contribution >= 4 is 136 Å². The Labute approximate surface area is 790 Å². The first kappa shape index (κ1) is 120. The van der Waals surface area contributed by atoms with Crippen LogP contribution in [-0.4, -0.2) is 340 Å². The normalized spacial score (nSPS) is 15.2. The van der Waals surface area contributed by atoms with E-state index in [2.05, 4.69) is 79.8 Å². The number of amides is 18. The van der Waals surface area contributed by atoms with E-state index < -0.39 is 347 Å². The number of nitrogens with one attached hydrogen (secondary N) is 17. The molecule has 2 rings (SSSR count). The molecule has 0 saturated heterocycles. The van der Waals surface area contributed by atoms with E-state index in [-0.39, 0.29) is 43.5 Å². The summed E-state index contributed by atoms with van der Waals surface area (Å²) >= 11 is 0. The summed E-state index contributed by atoms with van der Waals surface area (Å²) in [6.07, 6.45) is -10.7. The van der Waals surface area contributed by atoms with Gasteiger partial charge in [-0.3, -0.25) is 105 Å². The van der Waals surface area contributed by atoms with Crippen LogP contribution in [0.2, 0.25) is 0 Å². The lowest BCUT2D eigenvalue weighted by molar-refractivity contribution is -0.142. The van der Waals surface area contributed by atoms with Crippen LogP contribution >= 0.6 is 0 Å². The van der Waals surface area contributed by atoms with Crippen LogP contribution in [0.4, 0.5) is 0 Å². The summed E-state index contributed by atoms with van der Waals surface area (Å²) in [5.74, 6) is -31.6. The van der Waals surface area contributed by atoms with E-state index in [1.807, 2.05) is 10.6 Å². The van der Waals surface area contributed by atoms with Crippen LogP contribution in [-0.2, 0) is 123 Å². The quantitative estimate of drug-likeness (QED) is 0.0274. The predicted octanol–water partition coefficient (Wildman–Crippen LogP) is -11.6. The minimum absolute atomic E-state index is 0.000719. The summed E-state index contributed by atoms with van der Waals surface area (Å²) < 4.78 is 0. The fraction of sp³-hybridized carbons (Fsp3) is 0.583. The molecule has 18 amide bonds. The molecule has 0 aliphatic rings. The zero-order valence-electron chi connectivity index (χ0n) is 77.0. The van der Waals surface area contributed by atoms with Crippen molar-refractivity contribution in [3.8, 4) is 5.75 Å². The SMILES string of the molecule is CC(C)C[C@H](NC(=O)[C@H](Cc1ccc(O)cc1)NC(=O)[C@H](CO)NC(=O)[C@H](CO)NC(=O)[C@@H](NC(=O)[C@H](CC(=O)O)NC(=O)[C@H](CO)NC(=O)[C@@H](NC(=O)[C@H](Cc1ccccc1)NC(=O)[C@@H](NC(=O)CNC(=O)[C@@H](N)CCC(=O)O)[C@@H](C)O)[C@@H](C)O)C(C)C)C(=O)N[C@@H](CCC(=O)O)C(=O)N[C@@H](CCC(=O)O)C(=O)N[C@@H](CCC(N)=O)C(=O)N[C@@H](C)C(=O)N[C@@H](C)C(=O)N[C@@H](CCCCN)C(=O)O. The number of nitrogens with two attached hydrogens (primary N) is 3. The van der Waals surface area contributed by atoms with Gasteiger partial charge < -0.3 is 164 Å². The number of unbranched alkanes of at least 4 members (excludes halogenated alkanes) is 1. The fourth-order valence-corrected chi connectivity index (χ4v) is 12.7. The van der Waals surface area contributed by atoms with Crippen LogP contribution in [0.15, 0.2) is 54.6 Å². The summed E-state index contributed by atoms with van der Waals surface area (Å²) in [5, 5.41) is 149. The first-order valence-electron chi connectivity index (χ1n) is 43.6. The van der Waals surface area contributed by atoms with E-state index in [4.69, 9.17) is 22.3 Å². The number of phenolic OH excluding ortho intramolecular Hbond substituents is 1. The van der Waals surface area contributed by atoms with Crippen LogP contribution in [0.25, 0.3) is 0 Å². The van der Waals surface area contributed by atoms with Crippen molar-refractivity contribution in [3.63, 3.8) is 0 Å². The molecule has 0 unspecified atom stereocenters. The molecule has 0 aliphatic carbocycles. The number of aromatic hydroxyl groups is 1. The standard InChI is InChI=1S/C84H128N20O34/c1-38(2)30-52(74(127)93-50(24-28-63(117)118)73(126)92-49(23-27-62(115)116)72(125)91-48(22-25-59(87)111)71(124)90-40(5)68(121)89-41(6)69(122)94-51(84(137)138)16-12-13-29-85)95-75(128)53(32-45-17-19-46(110)20-18-45)96-78(131)56(35-105)99-80(133)58(37-107)100-81(134)65(39(3)4)103-77(130)55(33-64(119)120)97-79(132)57(36-106)101-83(136)67(43(8)109)104-76(129)54(31-44-14-10-9-11-15-44)98-82(135)66(42(7)108)102-60(112)34-88-70(123)47(86)21-26-61(113)114/h9-11,14-15,17-20,38-43,47-58,65-67,105-110H,12-13,16,21-37,85-86H2,1-8H3,(H2,87,111)(H,88,123)(H,89,121)(H,90,124)(H,91,125)(H,92,126)(H,93,127)(H,94,122)(H,95,128)(H,96,131)(H,97,132)(H,98,135)(H,99,133)(H,100,134)(H,101,136)(H,102,112)(H,103,130)(H,104,129)(H,113,114)(H,115,116)(H,117,118)(H,119,120)(H,137,138)/t40-,41-,42+,43+,47-,48-,49-,50-,51-,52-,53-,54-,55-,56-,57-,58-,65-,66-,67-/m0/s1. The third-order valence-corrected chi connectivity index (χ3v) is 20.5. The van der Waals surface area contributed by atoms with Crippen molar-refractivity contribution in [3.05, 3.63) is 65.7 Å². The van der Waals surface area contributed by atoms with Crippen molar-refractivity contribution in [2.24, 2.45) is 29.0 Å². The number of benzene rings is 2. The van der Waals surface area contributed by atoms with Gasteiger partial charge in [0, 0.05) is 38.5 Å². The molecular weight excluding hydrogens is 1830 g/mol. The molecule has 0 aromatic heterocycles. The Morgan fingerprint density at radius 2 is 0.674 bits per heavy atom. The van der Waals surface area contributed by atoms with E-state index in [1.54, 1.807) is 32.0 Å². The molecule has 0 heterocycles. The molecule has 2 aromatic carbocycles. The minimum Gasteiger partial charge on any atom is -0.508 e. The minimum atomic E-state index is -2.21. The number of hydrogen-bond acceptors (Lipinski definition) is 31. The van der Waals surface area contributed by atoms with Gasteiger partial charge in [0.15, 0.2) is 0 Å². The molecule has 54 heteroatoms.